The molecule has 0 fully saturated rings. The maximum Gasteiger partial charge on any atom is 0.173 e. The molecule has 0 saturated carbocycles. The lowest BCUT2D eigenvalue weighted by Crippen LogP contribution is -2.36. The van der Waals surface area contributed by atoms with Crippen molar-refractivity contribution in [1.29, 1.82) is 0 Å². The third-order valence-electron chi connectivity index (χ3n) is 4.55. The molecule has 2 aromatic rings. The molecule has 0 aliphatic heterocycles. The first-order valence-electron chi connectivity index (χ1n) is 9.83. The molecule has 0 amide bonds. The van der Waals surface area contributed by atoms with Crippen LogP contribution in [0, 0.1) is 13.8 Å². The highest BCUT2D eigenvalue weighted by Gasteiger charge is 2.12. The van der Waals surface area contributed by atoms with Crippen molar-refractivity contribution in [3.8, 4) is 0 Å². The van der Waals surface area contributed by atoms with Crippen LogP contribution in [0.4, 0.5) is 5.69 Å². The van der Waals surface area contributed by atoms with E-state index in [1.165, 1.54) is 35.4 Å². The summed E-state index contributed by atoms with van der Waals surface area (Å²) in [5.74, 6) is 0. The molecule has 1 N–H and O–H groups in total. The highest BCUT2D eigenvalue weighted by atomic mass is 32.1. The monoisotopic (exact) mass is 403 g/mol. The highest BCUT2D eigenvalue weighted by Crippen LogP contribution is 2.17. The van der Waals surface area contributed by atoms with E-state index in [4.69, 9.17) is 12.2 Å². The minimum Gasteiger partial charge on any atom is -0.344 e. The third-order valence-corrected chi connectivity index (χ3v) is 5.77. The molecule has 0 aliphatic carbocycles. The molecule has 0 unspecified atom stereocenters. The maximum absolute atomic E-state index is 5.77. The average Bonchev–Trinajstić information content (AvgIpc) is 3.11. The number of nitrogens with one attached hydrogen (secondary N) is 1. The van der Waals surface area contributed by atoms with Crippen LogP contribution in [0.5, 0.6) is 0 Å². The molecule has 0 atom stereocenters. The Morgan fingerprint density at radius 3 is 2.41 bits per heavy atom. The zero-order valence-electron chi connectivity index (χ0n) is 17.1. The lowest BCUT2D eigenvalue weighted by atomic mass is 10.1. The summed E-state index contributed by atoms with van der Waals surface area (Å²) >= 11 is 7.56. The van der Waals surface area contributed by atoms with Gasteiger partial charge in [-0.25, -0.2) is 0 Å². The number of benzene rings is 1. The molecule has 2 rings (SSSR count). The lowest BCUT2D eigenvalue weighted by Gasteiger charge is -2.27. The van der Waals surface area contributed by atoms with Crippen LogP contribution in [0.3, 0.4) is 0 Å². The molecule has 1 aromatic carbocycles. The Balaban J connectivity index is 1.97. The molecule has 148 valence electrons. The van der Waals surface area contributed by atoms with Crippen molar-refractivity contribution in [2.45, 2.75) is 46.6 Å². The van der Waals surface area contributed by atoms with Gasteiger partial charge in [0, 0.05) is 17.1 Å². The summed E-state index contributed by atoms with van der Waals surface area (Å²) in [6.45, 7) is 10.6. The van der Waals surface area contributed by atoms with Gasteiger partial charge >= 0.3 is 0 Å². The number of thiocarbonyl (C=S) groups is 1. The molecular weight excluding hydrogens is 370 g/mol. The maximum atomic E-state index is 5.77. The van der Waals surface area contributed by atoms with Crippen LogP contribution in [-0.2, 0) is 6.54 Å². The van der Waals surface area contributed by atoms with Gasteiger partial charge in [-0.15, -0.1) is 11.3 Å². The second-order valence-corrected chi connectivity index (χ2v) is 8.74. The Morgan fingerprint density at radius 1 is 1.07 bits per heavy atom. The van der Waals surface area contributed by atoms with Gasteiger partial charge in [-0.1, -0.05) is 25.5 Å². The Morgan fingerprint density at radius 2 is 1.78 bits per heavy atom. The standard InChI is InChI=1S/C22H33N3S2/c1-5-6-10-24(4)11-8-12-25(17-21-9-7-13-27-21)22(26)23-20-15-18(2)14-19(3)16-20/h7,9,13-16H,5-6,8,10-12,17H2,1-4H3,(H,23,26). The fourth-order valence-electron chi connectivity index (χ4n) is 3.16. The van der Waals surface area contributed by atoms with E-state index in [-0.39, 0.29) is 0 Å². The largest absolute Gasteiger partial charge is 0.344 e. The summed E-state index contributed by atoms with van der Waals surface area (Å²) in [4.78, 5) is 6.07. The van der Waals surface area contributed by atoms with Crippen molar-refractivity contribution in [2.75, 3.05) is 32.0 Å². The molecule has 5 heteroatoms. The van der Waals surface area contributed by atoms with Crippen LogP contribution in [-0.4, -0.2) is 41.6 Å². The first-order valence-corrected chi connectivity index (χ1v) is 11.1. The topological polar surface area (TPSA) is 18.5 Å². The highest BCUT2D eigenvalue weighted by molar-refractivity contribution is 7.80. The van der Waals surface area contributed by atoms with Crippen LogP contribution >= 0.6 is 23.6 Å². The summed E-state index contributed by atoms with van der Waals surface area (Å²) in [6.07, 6.45) is 3.63. The van der Waals surface area contributed by atoms with Crippen molar-refractivity contribution >= 4 is 34.4 Å². The molecule has 0 aliphatic rings. The molecule has 1 heterocycles. The van der Waals surface area contributed by atoms with Crippen LogP contribution in [0.1, 0.15) is 42.2 Å². The number of rotatable bonds is 10. The Kier molecular flexibility index (Phi) is 9.25. The Labute approximate surface area is 174 Å². The van der Waals surface area contributed by atoms with Gasteiger partial charge in [0.15, 0.2) is 5.11 Å². The summed E-state index contributed by atoms with van der Waals surface area (Å²) in [7, 11) is 2.21. The molecule has 0 saturated heterocycles. The van der Waals surface area contributed by atoms with Crippen molar-refractivity contribution in [3.05, 3.63) is 51.7 Å². The smallest absolute Gasteiger partial charge is 0.173 e. The number of nitrogens with zero attached hydrogens (tertiary/aromatic N) is 2. The van der Waals surface area contributed by atoms with Gasteiger partial charge in [-0.2, -0.15) is 0 Å². The van der Waals surface area contributed by atoms with Crippen LogP contribution in [0.15, 0.2) is 35.7 Å². The van der Waals surface area contributed by atoms with Crippen molar-refractivity contribution in [3.63, 3.8) is 0 Å². The minimum absolute atomic E-state index is 0.810. The number of unbranched alkanes of at least 4 members (excludes halogenated alkanes) is 1. The number of anilines is 1. The molecule has 0 radical (unpaired) electrons. The molecule has 0 bridgehead atoms. The van der Waals surface area contributed by atoms with Crippen LogP contribution < -0.4 is 5.32 Å². The number of hydrogen-bond donors (Lipinski definition) is 1. The summed E-state index contributed by atoms with van der Waals surface area (Å²) in [6, 6.07) is 10.8. The van der Waals surface area contributed by atoms with Gasteiger partial charge in [-0.05, 0) is 93.8 Å². The number of aryl methyl sites for hydroxylation is 2. The predicted molar refractivity (Wildman–Crippen MR) is 124 cm³/mol. The van der Waals surface area contributed by atoms with Gasteiger partial charge in [-0.3, -0.25) is 0 Å². The lowest BCUT2D eigenvalue weighted by molar-refractivity contribution is 0.300. The van der Waals surface area contributed by atoms with Gasteiger partial charge in [0.2, 0.25) is 0 Å². The molecular formula is C22H33N3S2. The number of hydrogen-bond acceptors (Lipinski definition) is 3. The van der Waals surface area contributed by atoms with E-state index in [1.54, 1.807) is 11.3 Å². The summed E-state index contributed by atoms with van der Waals surface area (Å²) in [5.41, 5.74) is 3.58. The summed E-state index contributed by atoms with van der Waals surface area (Å²) in [5, 5.41) is 6.40. The van der Waals surface area contributed by atoms with Gasteiger partial charge < -0.3 is 15.1 Å². The van der Waals surface area contributed by atoms with Gasteiger partial charge in [0.1, 0.15) is 0 Å². The van der Waals surface area contributed by atoms with E-state index < -0.39 is 0 Å². The SMILES string of the molecule is CCCCN(C)CCCN(Cc1cccs1)C(=S)Nc1cc(C)cc(C)c1. The Hall–Kier alpha value is -1.43. The third kappa shape index (κ3) is 7.99. The molecule has 1 aromatic heterocycles. The zero-order valence-corrected chi connectivity index (χ0v) is 18.8. The fraction of sp³-hybridized carbons (Fsp3) is 0.500. The van der Waals surface area contributed by atoms with Gasteiger partial charge in [0.25, 0.3) is 0 Å². The van der Waals surface area contributed by atoms with E-state index in [2.05, 4.69) is 78.6 Å². The number of thiophene rings is 1. The second kappa shape index (κ2) is 11.4. The van der Waals surface area contributed by atoms with Gasteiger partial charge in [0.05, 0.1) is 6.54 Å². The normalized spacial score (nSPS) is 11.0. The van der Waals surface area contributed by atoms with Crippen molar-refractivity contribution in [2.24, 2.45) is 0 Å². The van der Waals surface area contributed by atoms with Crippen LogP contribution in [0.25, 0.3) is 0 Å². The quantitative estimate of drug-likeness (QED) is 0.514. The zero-order chi connectivity index (χ0) is 19.6. The van der Waals surface area contributed by atoms with Crippen molar-refractivity contribution < 1.29 is 0 Å². The van der Waals surface area contributed by atoms with E-state index in [9.17, 15) is 0 Å². The van der Waals surface area contributed by atoms with Crippen LogP contribution in [0.2, 0.25) is 0 Å². The van der Waals surface area contributed by atoms with Crippen molar-refractivity contribution in [1.82, 2.24) is 9.80 Å². The summed E-state index contributed by atoms with van der Waals surface area (Å²) < 4.78 is 0. The minimum atomic E-state index is 0.810. The average molecular weight is 404 g/mol. The Bertz CT molecular complexity index is 677. The van der Waals surface area contributed by atoms with E-state index in [1.807, 2.05) is 0 Å². The molecule has 3 nitrogen and oxygen atoms in total. The first kappa shape index (κ1) is 21.9. The van der Waals surface area contributed by atoms with E-state index in [0.717, 1.165) is 36.9 Å². The van der Waals surface area contributed by atoms with E-state index >= 15 is 0 Å². The second-order valence-electron chi connectivity index (χ2n) is 7.32. The molecule has 27 heavy (non-hydrogen) atoms. The first-order chi connectivity index (χ1) is 13.0. The van der Waals surface area contributed by atoms with E-state index in [0.29, 0.717) is 0 Å². The fourth-order valence-corrected chi connectivity index (χ4v) is 4.16. The molecule has 0 spiro atoms. The predicted octanol–water partition coefficient (Wildman–Crippen LogP) is 5.69.